The van der Waals surface area contributed by atoms with E-state index >= 15 is 0 Å². The lowest BCUT2D eigenvalue weighted by Crippen LogP contribution is -2.41. The molecule has 1 unspecified atom stereocenters. The molecule has 1 aromatic heterocycles. The highest BCUT2D eigenvalue weighted by atomic mass is 19.1. The van der Waals surface area contributed by atoms with Crippen LogP contribution < -0.4 is 5.32 Å². The molecular formula is C22H27FN2O3. The summed E-state index contributed by atoms with van der Waals surface area (Å²) in [4.78, 5) is 26.7. The number of furan rings is 1. The van der Waals surface area contributed by atoms with E-state index in [4.69, 9.17) is 4.42 Å². The molecule has 1 saturated heterocycles. The first-order valence-electron chi connectivity index (χ1n) is 9.86. The van der Waals surface area contributed by atoms with Crippen molar-refractivity contribution in [1.29, 1.82) is 0 Å². The Morgan fingerprint density at radius 1 is 1.18 bits per heavy atom. The fraction of sp³-hybridized carbons (Fsp3) is 0.455. The van der Waals surface area contributed by atoms with Crippen LogP contribution in [0.25, 0.3) is 0 Å². The van der Waals surface area contributed by atoms with E-state index in [1.807, 2.05) is 12.1 Å². The van der Waals surface area contributed by atoms with Crippen molar-refractivity contribution in [2.24, 2.45) is 5.92 Å². The summed E-state index contributed by atoms with van der Waals surface area (Å²) in [5.74, 6) is 0.419. The molecule has 1 atom stereocenters. The molecule has 0 aliphatic carbocycles. The smallest absolute Gasteiger partial charge is 0.220 e. The Labute approximate surface area is 164 Å². The topological polar surface area (TPSA) is 62.6 Å². The van der Waals surface area contributed by atoms with Gasteiger partial charge in [-0.3, -0.25) is 14.5 Å². The average Bonchev–Trinajstić information content (AvgIpc) is 3.22. The summed E-state index contributed by atoms with van der Waals surface area (Å²) >= 11 is 0. The lowest BCUT2D eigenvalue weighted by molar-refractivity contribution is -0.121. The summed E-state index contributed by atoms with van der Waals surface area (Å²) in [5, 5.41) is 2.91. The van der Waals surface area contributed by atoms with Gasteiger partial charge in [0.05, 0.1) is 17.9 Å². The number of halogens is 1. The number of carbonyl (C=O) groups excluding carboxylic acids is 2. The van der Waals surface area contributed by atoms with Crippen molar-refractivity contribution in [3.63, 3.8) is 0 Å². The number of carbonyl (C=O) groups is 2. The van der Waals surface area contributed by atoms with Gasteiger partial charge in [-0.25, -0.2) is 4.39 Å². The van der Waals surface area contributed by atoms with Crippen molar-refractivity contribution in [2.75, 3.05) is 19.6 Å². The summed E-state index contributed by atoms with van der Waals surface area (Å²) in [6, 6.07) is 9.61. The number of piperidine rings is 1. The number of rotatable bonds is 8. The van der Waals surface area contributed by atoms with Gasteiger partial charge < -0.3 is 9.73 Å². The van der Waals surface area contributed by atoms with Gasteiger partial charge in [0.2, 0.25) is 5.91 Å². The summed E-state index contributed by atoms with van der Waals surface area (Å²) < 4.78 is 19.3. The summed E-state index contributed by atoms with van der Waals surface area (Å²) in [6.07, 6.45) is 3.92. The zero-order valence-electron chi connectivity index (χ0n) is 16.2. The van der Waals surface area contributed by atoms with Crippen LogP contribution in [0, 0.1) is 11.7 Å². The first-order valence-corrected chi connectivity index (χ1v) is 9.86. The molecule has 6 heteroatoms. The average molecular weight is 386 g/mol. The van der Waals surface area contributed by atoms with Gasteiger partial charge in [0, 0.05) is 19.4 Å². The highest BCUT2D eigenvalue weighted by molar-refractivity contribution is 5.98. The van der Waals surface area contributed by atoms with E-state index in [-0.39, 0.29) is 36.1 Å². The quantitative estimate of drug-likeness (QED) is 0.698. The summed E-state index contributed by atoms with van der Waals surface area (Å²) in [5.41, 5.74) is 0.0335. The number of likely N-dealkylation sites (tertiary alicyclic amines) is 1. The number of nitrogens with zero attached hydrogens (tertiary/aromatic N) is 1. The number of hydrogen-bond donors (Lipinski definition) is 1. The van der Waals surface area contributed by atoms with Gasteiger partial charge in [0.25, 0.3) is 0 Å². The van der Waals surface area contributed by atoms with Gasteiger partial charge in [-0.05, 0) is 56.1 Å². The molecule has 1 amide bonds. The molecule has 28 heavy (non-hydrogen) atoms. The number of nitrogens with one attached hydrogen (secondary N) is 1. The number of amides is 1. The highest BCUT2D eigenvalue weighted by Crippen LogP contribution is 2.26. The minimum absolute atomic E-state index is 0.0145. The molecule has 2 aromatic rings. The largest absolute Gasteiger partial charge is 0.468 e. The number of hydrogen-bond acceptors (Lipinski definition) is 4. The van der Waals surface area contributed by atoms with Crippen LogP contribution in [0.2, 0.25) is 0 Å². The second-order valence-corrected chi connectivity index (χ2v) is 7.46. The van der Waals surface area contributed by atoms with Crippen LogP contribution >= 0.6 is 0 Å². The van der Waals surface area contributed by atoms with Crippen LogP contribution in [0.3, 0.4) is 0 Å². The molecule has 0 radical (unpaired) electrons. The summed E-state index contributed by atoms with van der Waals surface area (Å²) in [7, 11) is 0. The molecule has 1 N–H and O–H groups in total. The number of benzene rings is 1. The van der Waals surface area contributed by atoms with Gasteiger partial charge in [0.15, 0.2) is 5.78 Å². The maximum Gasteiger partial charge on any atom is 0.220 e. The van der Waals surface area contributed by atoms with E-state index in [0.29, 0.717) is 12.5 Å². The van der Waals surface area contributed by atoms with Gasteiger partial charge in [-0.15, -0.1) is 0 Å². The first kappa shape index (κ1) is 20.3. The van der Waals surface area contributed by atoms with Crippen LogP contribution in [0.5, 0.6) is 0 Å². The third-order valence-corrected chi connectivity index (χ3v) is 5.38. The van der Waals surface area contributed by atoms with Crippen molar-refractivity contribution in [2.45, 2.75) is 38.6 Å². The van der Waals surface area contributed by atoms with E-state index in [1.54, 1.807) is 12.3 Å². The van der Waals surface area contributed by atoms with E-state index < -0.39 is 5.82 Å². The molecule has 1 aliphatic rings. The zero-order valence-corrected chi connectivity index (χ0v) is 16.2. The zero-order chi connectivity index (χ0) is 19.9. The SMILES string of the molecule is CC1CCN(C(CNC(=O)CCC(=O)c2ccccc2F)c2ccco2)CC1. The Bertz CT molecular complexity index is 783. The molecule has 0 bridgehead atoms. The van der Waals surface area contributed by atoms with Crippen LogP contribution in [-0.4, -0.2) is 36.2 Å². The van der Waals surface area contributed by atoms with Gasteiger partial charge in [-0.2, -0.15) is 0 Å². The minimum atomic E-state index is -0.551. The third kappa shape index (κ3) is 5.29. The van der Waals surface area contributed by atoms with Crippen LogP contribution in [-0.2, 0) is 4.79 Å². The van der Waals surface area contributed by atoms with Crippen LogP contribution in [0.15, 0.2) is 47.1 Å². The first-order chi connectivity index (χ1) is 13.5. The maximum absolute atomic E-state index is 13.7. The van der Waals surface area contributed by atoms with Crippen molar-refractivity contribution >= 4 is 11.7 Å². The molecule has 1 aliphatic heterocycles. The molecule has 1 aromatic carbocycles. The molecule has 1 fully saturated rings. The third-order valence-electron chi connectivity index (χ3n) is 5.38. The second-order valence-electron chi connectivity index (χ2n) is 7.46. The fourth-order valence-electron chi connectivity index (χ4n) is 3.58. The van der Waals surface area contributed by atoms with E-state index in [0.717, 1.165) is 31.7 Å². The Kier molecular flexibility index (Phi) is 6.98. The molecule has 0 spiro atoms. The summed E-state index contributed by atoms with van der Waals surface area (Å²) in [6.45, 7) is 4.62. The second kappa shape index (κ2) is 9.64. The molecule has 150 valence electrons. The van der Waals surface area contributed by atoms with Gasteiger partial charge in [0.1, 0.15) is 11.6 Å². The Hall–Kier alpha value is -2.47. The lowest BCUT2D eigenvalue weighted by atomic mass is 9.97. The Balaban J connectivity index is 1.52. The normalized spacial score (nSPS) is 16.6. The van der Waals surface area contributed by atoms with Gasteiger partial charge >= 0.3 is 0 Å². The molecule has 5 nitrogen and oxygen atoms in total. The van der Waals surface area contributed by atoms with E-state index in [2.05, 4.69) is 17.1 Å². The minimum Gasteiger partial charge on any atom is -0.468 e. The van der Waals surface area contributed by atoms with Crippen LogP contribution in [0.4, 0.5) is 4.39 Å². The van der Waals surface area contributed by atoms with Crippen molar-refractivity contribution < 1.29 is 18.4 Å². The van der Waals surface area contributed by atoms with Crippen molar-refractivity contribution in [3.05, 3.63) is 59.8 Å². The van der Waals surface area contributed by atoms with Crippen LogP contribution in [0.1, 0.15) is 54.8 Å². The fourth-order valence-corrected chi connectivity index (χ4v) is 3.58. The Morgan fingerprint density at radius 3 is 2.61 bits per heavy atom. The number of ketones is 1. The Morgan fingerprint density at radius 2 is 1.93 bits per heavy atom. The monoisotopic (exact) mass is 386 g/mol. The van der Waals surface area contributed by atoms with Gasteiger partial charge in [-0.1, -0.05) is 19.1 Å². The molecule has 2 heterocycles. The maximum atomic E-state index is 13.7. The number of Topliss-reactive ketones (excluding diaryl/α,β-unsaturated/α-hetero) is 1. The van der Waals surface area contributed by atoms with E-state index in [9.17, 15) is 14.0 Å². The highest BCUT2D eigenvalue weighted by Gasteiger charge is 2.27. The molecule has 3 rings (SSSR count). The van der Waals surface area contributed by atoms with Crippen molar-refractivity contribution in [3.8, 4) is 0 Å². The predicted octanol–water partition coefficient (Wildman–Crippen LogP) is 3.97. The molecular weight excluding hydrogens is 359 g/mol. The standard InChI is InChI=1S/C22H27FN2O3/c1-16-10-12-25(13-11-16)19(21-7-4-14-28-21)15-24-22(27)9-8-20(26)17-5-2-3-6-18(17)23/h2-7,14,16,19H,8-13,15H2,1H3,(H,24,27). The molecule has 0 saturated carbocycles. The predicted molar refractivity (Wildman–Crippen MR) is 104 cm³/mol. The van der Waals surface area contributed by atoms with E-state index in [1.165, 1.54) is 18.2 Å². The van der Waals surface area contributed by atoms with Crippen molar-refractivity contribution in [1.82, 2.24) is 10.2 Å². The lowest BCUT2D eigenvalue weighted by Gasteiger charge is -2.35.